The molecule has 168 valence electrons. The minimum absolute atomic E-state index is 0.186. The third kappa shape index (κ3) is 8.86. The van der Waals surface area contributed by atoms with E-state index in [9.17, 15) is 4.79 Å². The Hall–Kier alpha value is -2.77. The van der Waals surface area contributed by atoms with E-state index in [1.54, 1.807) is 0 Å². The summed E-state index contributed by atoms with van der Waals surface area (Å²) in [7, 11) is 0. The number of urea groups is 1. The summed E-state index contributed by atoms with van der Waals surface area (Å²) in [6, 6.07) is 15.6. The molecule has 1 saturated heterocycles. The van der Waals surface area contributed by atoms with Crippen LogP contribution in [0.2, 0.25) is 0 Å². The van der Waals surface area contributed by atoms with Gasteiger partial charge in [-0.1, -0.05) is 24.3 Å². The number of carbonyl (C=O) groups excluding carboxylic acids is 1. The molecule has 1 aliphatic heterocycles. The predicted octanol–water partition coefficient (Wildman–Crippen LogP) is 2.97. The number of rotatable bonds is 11. The minimum atomic E-state index is -0.186. The molecule has 0 bridgehead atoms. The van der Waals surface area contributed by atoms with Gasteiger partial charge in [0.1, 0.15) is 18.1 Å². The van der Waals surface area contributed by atoms with Gasteiger partial charge >= 0.3 is 6.03 Å². The molecule has 0 atom stereocenters. The highest BCUT2D eigenvalue weighted by Crippen LogP contribution is 2.14. The van der Waals surface area contributed by atoms with Gasteiger partial charge in [0.15, 0.2) is 0 Å². The Morgan fingerprint density at radius 3 is 2.55 bits per heavy atom. The lowest BCUT2D eigenvalue weighted by Gasteiger charge is -2.26. The zero-order chi connectivity index (χ0) is 21.7. The summed E-state index contributed by atoms with van der Waals surface area (Å²) in [5, 5.41) is 5.74. The lowest BCUT2D eigenvalue weighted by molar-refractivity contribution is 0.0322. The first-order chi connectivity index (χ1) is 15.2. The van der Waals surface area contributed by atoms with Crippen LogP contribution in [0.25, 0.3) is 0 Å². The molecule has 3 rings (SSSR count). The fourth-order valence-corrected chi connectivity index (χ4v) is 3.28. The van der Waals surface area contributed by atoms with Crippen LogP contribution in [0, 0.1) is 6.92 Å². The molecule has 2 aromatic carbocycles. The summed E-state index contributed by atoms with van der Waals surface area (Å²) < 4.78 is 16.9. The Kier molecular flexibility index (Phi) is 9.47. The molecule has 7 nitrogen and oxygen atoms in total. The van der Waals surface area contributed by atoms with E-state index in [1.807, 2.05) is 55.5 Å². The van der Waals surface area contributed by atoms with Crippen LogP contribution in [0.1, 0.15) is 17.5 Å². The number of benzene rings is 2. The lowest BCUT2D eigenvalue weighted by Crippen LogP contribution is -2.38. The summed E-state index contributed by atoms with van der Waals surface area (Å²) in [6.07, 6.45) is 0.744. The minimum Gasteiger partial charge on any atom is -0.494 e. The van der Waals surface area contributed by atoms with Crippen molar-refractivity contribution >= 4 is 6.03 Å². The molecule has 2 N–H and O–H groups in total. The number of nitrogens with zero attached hydrogens (tertiary/aromatic N) is 1. The number of hydrogen-bond acceptors (Lipinski definition) is 5. The van der Waals surface area contributed by atoms with Crippen molar-refractivity contribution in [3.63, 3.8) is 0 Å². The molecular weight excluding hydrogens is 394 g/mol. The molecule has 0 unspecified atom stereocenters. The summed E-state index contributed by atoms with van der Waals surface area (Å²) >= 11 is 0. The standard InChI is InChI=1S/C24H33N3O4/c1-20-5-2-7-22(17-20)30-13-4-9-25-24(28)26-19-21-6-3-8-23(18-21)31-16-12-27-10-14-29-15-11-27/h2-3,5-8,17-18H,4,9-16,19H2,1H3,(H2,25,26,28). The van der Waals surface area contributed by atoms with Crippen LogP contribution in [-0.4, -0.2) is 63.5 Å². The summed E-state index contributed by atoms with van der Waals surface area (Å²) in [4.78, 5) is 14.4. The Morgan fingerprint density at radius 2 is 1.74 bits per heavy atom. The van der Waals surface area contributed by atoms with Crippen LogP contribution in [0.5, 0.6) is 11.5 Å². The van der Waals surface area contributed by atoms with Gasteiger partial charge in [0.25, 0.3) is 0 Å². The first-order valence-electron chi connectivity index (χ1n) is 10.9. The Labute approximate surface area is 184 Å². The topological polar surface area (TPSA) is 72.1 Å². The molecular formula is C24H33N3O4. The third-order valence-electron chi connectivity index (χ3n) is 5.00. The van der Waals surface area contributed by atoms with E-state index in [0.29, 0.717) is 26.3 Å². The number of aryl methyl sites for hydroxylation is 1. The predicted molar refractivity (Wildman–Crippen MR) is 121 cm³/mol. The summed E-state index contributed by atoms with van der Waals surface area (Å²) in [6.45, 7) is 8.64. The molecule has 0 aliphatic carbocycles. The highest BCUT2D eigenvalue weighted by Gasteiger charge is 2.10. The SMILES string of the molecule is Cc1cccc(OCCCNC(=O)NCc2cccc(OCCN3CCOCC3)c2)c1. The van der Waals surface area contributed by atoms with Gasteiger partial charge < -0.3 is 24.8 Å². The molecule has 1 fully saturated rings. The smallest absolute Gasteiger partial charge is 0.315 e. The van der Waals surface area contributed by atoms with Gasteiger partial charge in [-0.3, -0.25) is 4.90 Å². The number of morpholine rings is 1. The van der Waals surface area contributed by atoms with Crippen LogP contribution < -0.4 is 20.1 Å². The van der Waals surface area contributed by atoms with Crippen molar-refractivity contribution in [2.24, 2.45) is 0 Å². The number of hydrogen-bond donors (Lipinski definition) is 2. The molecule has 0 saturated carbocycles. The van der Waals surface area contributed by atoms with Crippen LogP contribution in [0.15, 0.2) is 48.5 Å². The normalized spacial score (nSPS) is 14.1. The first-order valence-corrected chi connectivity index (χ1v) is 10.9. The fraction of sp³-hybridized carbons (Fsp3) is 0.458. The van der Waals surface area contributed by atoms with E-state index in [4.69, 9.17) is 14.2 Å². The van der Waals surface area contributed by atoms with Crippen molar-refractivity contribution in [2.75, 3.05) is 52.6 Å². The van der Waals surface area contributed by atoms with Gasteiger partial charge in [-0.05, 0) is 48.7 Å². The molecule has 0 spiro atoms. The molecule has 0 aromatic heterocycles. The lowest BCUT2D eigenvalue weighted by atomic mass is 10.2. The van der Waals surface area contributed by atoms with Crippen molar-refractivity contribution in [2.45, 2.75) is 19.9 Å². The van der Waals surface area contributed by atoms with Crippen molar-refractivity contribution in [3.8, 4) is 11.5 Å². The molecule has 0 radical (unpaired) electrons. The quantitative estimate of drug-likeness (QED) is 0.540. The second-order valence-corrected chi connectivity index (χ2v) is 7.58. The van der Waals surface area contributed by atoms with Crippen molar-refractivity contribution in [1.82, 2.24) is 15.5 Å². The molecule has 7 heteroatoms. The first kappa shape index (κ1) is 22.9. The van der Waals surface area contributed by atoms with E-state index in [0.717, 1.165) is 56.3 Å². The zero-order valence-corrected chi connectivity index (χ0v) is 18.3. The largest absolute Gasteiger partial charge is 0.494 e. The third-order valence-corrected chi connectivity index (χ3v) is 5.00. The maximum atomic E-state index is 12.0. The zero-order valence-electron chi connectivity index (χ0n) is 18.3. The highest BCUT2D eigenvalue weighted by atomic mass is 16.5. The number of amides is 2. The molecule has 2 aromatic rings. The summed E-state index contributed by atoms with van der Waals surface area (Å²) in [5.41, 5.74) is 2.17. The van der Waals surface area contributed by atoms with Crippen molar-refractivity contribution in [3.05, 3.63) is 59.7 Å². The average molecular weight is 428 g/mol. The monoisotopic (exact) mass is 427 g/mol. The maximum Gasteiger partial charge on any atom is 0.315 e. The van der Waals surface area contributed by atoms with E-state index >= 15 is 0 Å². The Morgan fingerprint density at radius 1 is 1.00 bits per heavy atom. The van der Waals surface area contributed by atoms with Crippen LogP contribution in [0.3, 0.4) is 0 Å². The van der Waals surface area contributed by atoms with Gasteiger partial charge in [0.05, 0.1) is 19.8 Å². The van der Waals surface area contributed by atoms with Crippen molar-refractivity contribution < 1.29 is 19.0 Å². The average Bonchev–Trinajstić information content (AvgIpc) is 2.79. The molecule has 1 heterocycles. The van der Waals surface area contributed by atoms with E-state index in [2.05, 4.69) is 15.5 Å². The molecule has 1 aliphatic rings. The second kappa shape index (κ2) is 12.8. The second-order valence-electron chi connectivity index (χ2n) is 7.58. The summed E-state index contributed by atoms with van der Waals surface area (Å²) in [5.74, 6) is 1.68. The van der Waals surface area contributed by atoms with Crippen LogP contribution in [0.4, 0.5) is 4.79 Å². The van der Waals surface area contributed by atoms with E-state index < -0.39 is 0 Å². The number of ether oxygens (including phenoxy) is 3. The van der Waals surface area contributed by atoms with Gasteiger partial charge in [-0.2, -0.15) is 0 Å². The number of nitrogens with one attached hydrogen (secondary N) is 2. The highest BCUT2D eigenvalue weighted by molar-refractivity contribution is 5.73. The van der Waals surface area contributed by atoms with Gasteiger partial charge in [-0.25, -0.2) is 4.79 Å². The number of carbonyl (C=O) groups is 1. The maximum absolute atomic E-state index is 12.0. The van der Waals surface area contributed by atoms with E-state index in [-0.39, 0.29) is 6.03 Å². The molecule has 2 amide bonds. The van der Waals surface area contributed by atoms with Gasteiger partial charge in [0, 0.05) is 32.7 Å². The Bertz CT molecular complexity index is 809. The molecule has 31 heavy (non-hydrogen) atoms. The fourth-order valence-electron chi connectivity index (χ4n) is 3.28. The van der Waals surface area contributed by atoms with Gasteiger partial charge in [-0.15, -0.1) is 0 Å². The van der Waals surface area contributed by atoms with Crippen molar-refractivity contribution in [1.29, 1.82) is 0 Å². The van der Waals surface area contributed by atoms with Gasteiger partial charge in [0.2, 0.25) is 0 Å². The van der Waals surface area contributed by atoms with Crippen LogP contribution >= 0.6 is 0 Å². The van der Waals surface area contributed by atoms with E-state index in [1.165, 1.54) is 5.56 Å². The van der Waals surface area contributed by atoms with Crippen LogP contribution in [-0.2, 0) is 11.3 Å². The Balaban J connectivity index is 1.27.